The highest BCUT2D eigenvalue weighted by atomic mass is 16.7. The zero-order chi connectivity index (χ0) is 12.8. The second-order valence-electron chi connectivity index (χ2n) is 5.07. The smallest absolute Gasteiger partial charge is 0.170 e. The number of ether oxygens (including phenoxy) is 2. The Morgan fingerprint density at radius 1 is 1.28 bits per heavy atom. The molecule has 1 aromatic carbocycles. The van der Waals surface area contributed by atoms with Crippen molar-refractivity contribution in [1.29, 1.82) is 0 Å². The predicted octanol–water partition coefficient (Wildman–Crippen LogP) is 2.52. The van der Waals surface area contributed by atoms with E-state index in [4.69, 9.17) is 14.6 Å². The molecule has 1 aliphatic rings. The summed E-state index contributed by atoms with van der Waals surface area (Å²) in [5, 5.41) is 8.77. The molecule has 2 rings (SSSR count). The molecule has 2 atom stereocenters. The number of hydrogen-bond acceptors (Lipinski definition) is 3. The molecule has 3 nitrogen and oxygen atoms in total. The molecule has 1 N–H and O–H groups in total. The van der Waals surface area contributed by atoms with Gasteiger partial charge in [-0.25, -0.2) is 0 Å². The van der Waals surface area contributed by atoms with Crippen molar-refractivity contribution in [3.63, 3.8) is 0 Å². The highest BCUT2D eigenvalue weighted by Crippen LogP contribution is 2.29. The van der Waals surface area contributed by atoms with Gasteiger partial charge in [0.1, 0.15) is 0 Å². The fourth-order valence-corrected chi connectivity index (χ4v) is 2.38. The maximum absolute atomic E-state index is 8.77. The molecule has 18 heavy (non-hydrogen) atoms. The summed E-state index contributed by atoms with van der Waals surface area (Å²) in [6.45, 7) is 2.93. The Balaban J connectivity index is 1.82. The van der Waals surface area contributed by atoms with E-state index in [0.29, 0.717) is 6.61 Å². The van der Waals surface area contributed by atoms with Gasteiger partial charge in [0, 0.05) is 13.0 Å². The SMILES string of the molecule is C[C@]1(Cc2ccccc2)OC[C@@H](CCCCO)O1. The lowest BCUT2D eigenvalue weighted by molar-refractivity contribution is -0.153. The van der Waals surface area contributed by atoms with E-state index in [2.05, 4.69) is 12.1 Å². The van der Waals surface area contributed by atoms with E-state index in [0.717, 1.165) is 25.7 Å². The molecule has 1 heterocycles. The third kappa shape index (κ3) is 3.80. The van der Waals surface area contributed by atoms with Gasteiger partial charge in [0.05, 0.1) is 12.7 Å². The van der Waals surface area contributed by atoms with Crippen LogP contribution in [0.25, 0.3) is 0 Å². The van der Waals surface area contributed by atoms with Crippen LogP contribution < -0.4 is 0 Å². The predicted molar refractivity (Wildman–Crippen MR) is 70.3 cm³/mol. The third-order valence-electron chi connectivity index (χ3n) is 3.29. The fourth-order valence-electron chi connectivity index (χ4n) is 2.38. The summed E-state index contributed by atoms with van der Waals surface area (Å²) < 4.78 is 11.8. The van der Waals surface area contributed by atoms with Crippen molar-refractivity contribution in [3.05, 3.63) is 35.9 Å². The minimum atomic E-state index is -0.495. The van der Waals surface area contributed by atoms with Crippen molar-refractivity contribution in [2.45, 2.75) is 44.5 Å². The molecule has 1 aromatic rings. The Labute approximate surface area is 109 Å². The van der Waals surface area contributed by atoms with Gasteiger partial charge in [0.25, 0.3) is 0 Å². The van der Waals surface area contributed by atoms with Crippen LogP contribution in [0.15, 0.2) is 30.3 Å². The number of unbranched alkanes of at least 4 members (excludes halogenated alkanes) is 1. The van der Waals surface area contributed by atoms with Gasteiger partial charge in [-0.2, -0.15) is 0 Å². The first-order valence-corrected chi connectivity index (χ1v) is 6.68. The maximum Gasteiger partial charge on any atom is 0.170 e. The van der Waals surface area contributed by atoms with E-state index in [9.17, 15) is 0 Å². The largest absolute Gasteiger partial charge is 0.396 e. The first kappa shape index (κ1) is 13.5. The van der Waals surface area contributed by atoms with E-state index >= 15 is 0 Å². The molecule has 0 saturated carbocycles. The number of aliphatic hydroxyl groups excluding tert-OH is 1. The third-order valence-corrected chi connectivity index (χ3v) is 3.29. The first-order valence-electron chi connectivity index (χ1n) is 6.68. The van der Waals surface area contributed by atoms with Gasteiger partial charge in [-0.3, -0.25) is 0 Å². The number of hydrogen-bond donors (Lipinski definition) is 1. The Kier molecular flexibility index (Phi) is 4.75. The molecule has 0 amide bonds. The van der Waals surface area contributed by atoms with Crippen LogP contribution in [0.4, 0.5) is 0 Å². The molecule has 0 aliphatic carbocycles. The van der Waals surface area contributed by atoms with E-state index in [1.54, 1.807) is 0 Å². The van der Waals surface area contributed by atoms with Crippen LogP contribution in [0.3, 0.4) is 0 Å². The van der Waals surface area contributed by atoms with Crippen LogP contribution in [0.5, 0.6) is 0 Å². The summed E-state index contributed by atoms with van der Waals surface area (Å²) in [5.74, 6) is -0.495. The molecule has 3 heteroatoms. The van der Waals surface area contributed by atoms with E-state index in [-0.39, 0.29) is 12.7 Å². The average molecular weight is 250 g/mol. The van der Waals surface area contributed by atoms with E-state index < -0.39 is 5.79 Å². The monoisotopic (exact) mass is 250 g/mol. The van der Waals surface area contributed by atoms with Gasteiger partial charge < -0.3 is 14.6 Å². The minimum Gasteiger partial charge on any atom is -0.396 e. The molecule has 0 unspecified atom stereocenters. The highest BCUT2D eigenvalue weighted by Gasteiger charge is 2.36. The van der Waals surface area contributed by atoms with Crippen LogP contribution in [-0.4, -0.2) is 30.2 Å². The highest BCUT2D eigenvalue weighted by molar-refractivity contribution is 5.16. The van der Waals surface area contributed by atoms with Gasteiger partial charge >= 0.3 is 0 Å². The molecular formula is C15H22O3. The summed E-state index contributed by atoms with van der Waals surface area (Å²) >= 11 is 0. The topological polar surface area (TPSA) is 38.7 Å². The Bertz CT molecular complexity index is 352. The van der Waals surface area contributed by atoms with Crippen LogP contribution in [0.1, 0.15) is 31.7 Å². The van der Waals surface area contributed by atoms with Gasteiger partial charge in [-0.1, -0.05) is 30.3 Å². The van der Waals surface area contributed by atoms with Crippen molar-refractivity contribution in [2.24, 2.45) is 0 Å². The van der Waals surface area contributed by atoms with Crippen LogP contribution in [0, 0.1) is 0 Å². The van der Waals surface area contributed by atoms with Crippen LogP contribution in [-0.2, 0) is 15.9 Å². The van der Waals surface area contributed by atoms with Gasteiger partial charge in [0.2, 0.25) is 0 Å². The van der Waals surface area contributed by atoms with Gasteiger partial charge in [0.15, 0.2) is 5.79 Å². The molecule has 1 aliphatic heterocycles. The lowest BCUT2D eigenvalue weighted by atomic mass is 10.1. The van der Waals surface area contributed by atoms with Crippen molar-refractivity contribution in [1.82, 2.24) is 0 Å². The zero-order valence-electron chi connectivity index (χ0n) is 11.0. The quantitative estimate of drug-likeness (QED) is 0.788. The first-order chi connectivity index (χ1) is 8.72. The summed E-state index contributed by atoms with van der Waals surface area (Å²) in [6, 6.07) is 10.3. The Morgan fingerprint density at radius 3 is 2.78 bits per heavy atom. The van der Waals surface area contributed by atoms with Crippen molar-refractivity contribution in [3.8, 4) is 0 Å². The van der Waals surface area contributed by atoms with Crippen LogP contribution >= 0.6 is 0 Å². The molecule has 0 bridgehead atoms. The van der Waals surface area contributed by atoms with Crippen molar-refractivity contribution in [2.75, 3.05) is 13.2 Å². The summed E-state index contributed by atoms with van der Waals surface area (Å²) in [7, 11) is 0. The zero-order valence-corrected chi connectivity index (χ0v) is 11.0. The summed E-state index contributed by atoms with van der Waals surface area (Å²) in [6.07, 6.45) is 3.75. The molecule has 1 fully saturated rings. The molecular weight excluding hydrogens is 228 g/mol. The lowest BCUT2D eigenvalue weighted by Crippen LogP contribution is -2.29. The fraction of sp³-hybridized carbons (Fsp3) is 0.600. The standard InChI is InChI=1S/C15H22O3/c1-15(11-13-7-3-2-4-8-13)17-12-14(18-15)9-5-6-10-16/h2-4,7-8,14,16H,5-6,9-12H2,1H3/t14-,15+/m1/s1. The van der Waals surface area contributed by atoms with Gasteiger partial charge in [-0.05, 0) is 31.7 Å². The molecule has 100 valence electrons. The minimum absolute atomic E-state index is 0.172. The lowest BCUT2D eigenvalue weighted by Gasteiger charge is -2.23. The van der Waals surface area contributed by atoms with Crippen LogP contribution in [0.2, 0.25) is 0 Å². The van der Waals surface area contributed by atoms with E-state index in [1.165, 1.54) is 5.56 Å². The second kappa shape index (κ2) is 6.32. The second-order valence-corrected chi connectivity index (χ2v) is 5.07. The Hall–Kier alpha value is -0.900. The van der Waals surface area contributed by atoms with E-state index in [1.807, 2.05) is 25.1 Å². The molecule has 0 spiro atoms. The molecule has 1 saturated heterocycles. The summed E-state index contributed by atoms with van der Waals surface area (Å²) in [4.78, 5) is 0. The molecule has 0 aromatic heterocycles. The molecule has 0 radical (unpaired) electrons. The van der Waals surface area contributed by atoms with Crippen molar-refractivity contribution >= 4 is 0 Å². The summed E-state index contributed by atoms with van der Waals surface area (Å²) in [5.41, 5.74) is 1.23. The Morgan fingerprint density at radius 2 is 2.06 bits per heavy atom. The number of aliphatic hydroxyl groups is 1. The van der Waals surface area contributed by atoms with Gasteiger partial charge in [-0.15, -0.1) is 0 Å². The maximum atomic E-state index is 8.77. The number of rotatable bonds is 6. The average Bonchev–Trinajstić information content (AvgIpc) is 2.72. The van der Waals surface area contributed by atoms with Crippen molar-refractivity contribution < 1.29 is 14.6 Å². The normalized spacial score (nSPS) is 27.6. The number of benzene rings is 1.